The van der Waals surface area contributed by atoms with Gasteiger partial charge in [-0.1, -0.05) is 19.1 Å². The van der Waals surface area contributed by atoms with Gasteiger partial charge in [0.2, 0.25) is 0 Å². The number of hydrogen-bond donors (Lipinski definition) is 2. The highest BCUT2D eigenvalue weighted by molar-refractivity contribution is 5.79. The van der Waals surface area contributed by atoms with Crippen molar-refractivity contribution in [3.05, 3.63) is 30.6 Å². The van der Waals surface area contributed by atoms with Crippen LogP contribution in [0, 0.1) is 0 Å². The predicted octanol–water partition coefficient (Wildman–Crippen LogP) is 2.39. The molecule has 0 amide bonds. The maximum atomic E-state index is 4.49. The molecule has 0 unspecified atom stereocenters. The molecule has 2 N–H and O–H groups in total. The molecule has 1 aromatic heterocycles. The molecule has 2 rings (SSSR count). The van der Waals surface area contributed by atoms with Gasteiger partial charge in [0.15, 0.2) is 5.96 Å². The Bertz CT molecular complexity index is 573. The highest BCUT2D eigenvalue weighted by atomic mass is 15.2. The zero-order valence-corrected chi connectivity index (χ0v) is 13.0. The van der Waals surface area contributed by atoms with Crippen LogP contribution in [0.3, 0.4) is 0 Å². The monoisotopic (exact) mass is 287 g/mol. The molecule has 0 atom stereocenters. The van der Waals surface area contributed by atoms with E-state index in [2.05, 4.69) is 51.2 Å². The second-order valence-corrected chi connectivity index (χ2v) is 4.97. The number of benzene rings is 1. The van der Waals surface area contributed by atoms with Gasteiger partial charge in [0, 0.05) is 26.2 Å². The first kappa shape index (κ1) is 15.4. The number of nitrogens with one attached hydrogen (secondary N) is 2. The van der Waals surface area contributed by atoms with Crippen molar-refractivity contribution < 1.29 is 0 Å². The summed E-state index contributed by atoms with van der Waals surface area (Å²) in [5.74, 6) is 0.912. The van der Waals surface area contributed by atoms with Crippen LogP contribution in [0.2, 0.25) is 0 Å². The minimum absolute atomic E-state index is 0.863. The topological polar surface area (TPSA) is 54.2 Å². The number of para-hydroxylation sites is 2. The number of aromatic nitrogens is 2. The Morgan fingerprint density at radius 2 is 2.10 bits per heavy atom. The van der Waals surface area contributed by atoms with E-state index in [1.54, 1.807) is 0 Å². The molecule has 21 heavy (non-hydrogen) atoms. The van der Waals surface area contributed by atoms with Crippen molar-refractivity contribution in [1.29, 1.82) is 0 Å². The van der Waals surface area contributed by atoms with Gasteiger partial charge in [-0.15, -0.1) is 0 Å². The average molecular weight is 287 g/mol. The molecule has 0 bridgehead atoms. The maximum absolute atomic E-state index is 4.49. The molecule has 5 heteroatoms. The van der Waals surface area contributed by atoms with Gasteiger partial charge < -0.3 is 15.2 Å². The minimum Gasteiger partial charge on any atom is -0.357 e. The first-order valence-corrected chi connectivity index (χ1v) is 7.77. The van der Waals surface area contributed by atoms with Crippen molar-refractivity contribution in [2.45, 2.75) is 33.2 Å². The summed E-state index contributed by atoms with van der Waals surface area (Å²) in [6.45, 7) is 7.84. The van der Waals surface area contributed by atoms with Crippen LogP contribution in [0.25, 0.3) is 11.0 Å². The molecule has 2 aromatic rings. The van der Waals surface area contributed by atoms with Crippen LogP contribution in [-0.4, -0.2) is 35.1 Å². The SMILES string of the molecule is CCCN=C(NCC)NCCCn1cnc2ccccc21. The van der Waals surface area contributed by atoms with E-state index in [1.165, 1.54) is 5.52 Å². The van der Waals surface area contributed by atoms with E-state index in [0.717, 1.165) is 50.5 Å². The van der Waals surface area contributed by atoms with E-state index in [4.69, 9.17) is 0 Å². The van der Waals surface area contributed by atoms with E-state index in [9.17, 15) is 0 Å². The first-order chi connectivity index (χ1) is 10.3. The number of fused-ring (bicyclic) bond motifs is 1. The molecule has 1 aromatic carbocycles. The van der Waals surface area contributed by atoms with E-state index in [-0.39, 0.29) is 0 Å². The molecule has 0 aliphatic heterocycles. The quantitative estimate of drug-likeness (QED) is 0.467. The van der Waals surface area contributed by atoms with E-state index in [1.807, 2.05) is 18.5 Å². The van der Waals surface area contributed by atoms with Crippen LogP contribution in [0.4, 0.5) is 0 Å². The number of imidazole rings is 1. The third kappa shape index (κ3) is 4.48. The van der Waals surface area contributed by atoms with Gasteiger partial charge in [0.1, 0.15) is 0 Å². The fourth-order valence-corrected chi connectivity index (χ4v) is 2.21. The smallest absolute Gasteiger partial charge is 0.191 e. The van der Waals surface area contributed by atoms with Crippen molar-refractivity contribution in [3.63, 3.8) is 0 Å². The number of aryl methyl sites for hydroxylation is 1. The summed E-state index contributed by atoms with van der Waals surface area (Å²) in [5, 5.41) is 6.63. The normalized spacial score (nSPS) is 11.8. The molecule has 0 saturated heterocycles. The Kier molecular flexibility index (Phi) is 6.06. The lowest BCUT2D eigenvalue weighted by Crippen LogP contribution is -2.38. The van der Waals surface area contributed by atoms with Gasteiger partial charge in [-0.2, -0.15) is 0 Å². The molecule has 1 heterocycles. The van der Waals surface area contributed by atoms with Crippen molar-refractivity contribution >= 4 is 17.0 Å². The average Bonchev–Trinajstić information content (AvgIpc) is 2.92. The third-order valence-electron chi connectivity index (χ3n) is 3.23. The van der Waals surface area contributed by atoms with Crippen LogP contribution in [-0.2, 0) is 6.54 Å². The number of rotatable bonds is 7. The number of aliphatic imine (C=N–C) groups is 1. The Morgan fingerprint density at radius 3 is 2.90 bits per heavy atom. The van der Waals surface area contributed by atoms with E-state index in [0.29, 0.717) is 0 Å². The van der Waals surface area contributed by atoms with Crippen LogP contribution >= 0.6 is 0 Å². The van der Waals surface area contributed by atoms with Crippen molar-refractivity contribution in [3.8, 4) is 0 Å². The maximum Gasteiger partial charge on any atom is 0.191 e. The molecular weight excluding hydrogens is 262 g/mol. The van der Waals surface area contributed by atoms with Gasteiger partial charge in [-0.25, -0.2) is 4.98 Å². The van der Waals surface area contributed by atoms with Crippen LogP contribution in [0.15, 0.2) is 35.6 Å². The third-order valence-corrected chi connectivity index (χ3v) is 3.23. The summed E-state index contributed by atoms with van der Waals surface area (Å²) < 4.78 is 2.20. The molecule has 0 spiro atoms. The van der Waals surface area contributed by atoms with E-state index < -0.39 is 0 Å². The second kappa shape index (κ2) is 8.29. The van der Waals surface area contributed by atoms with Gasteiger partial charge in [0.05, 0.1) is 17.4 Å². The van der Waals surface area contributed by atoms with Crippen molar-refractivity contribution in [1.82, 2.24) is 20.2 Å². The van der Waals surface area contributed by atoms with Crippen LogP contribution in [0.5, 0.6) is 0 Å². The summed E-state index contributed by atoms with van der Waals surface area (Å²) in [6.07, 6.45) is 4.02. The van der Waals surface area contributed by atoms with Gasteiger partial charge >= 0.3 is 0 Å². The lowest BCUT2D eigenvalue weighted by molar-refractivity contribution is 0.637. The lowest BCUT2D eigenvalue weighted by atomic mass is 10.3. The molecule has 5 nitrogen and oxygen atoms in total. The predicted molar refractivity (Wildman–Crippen MR) is 88.6 cm³/mol. The molecule has 114 valence electrons. The minimum atomic E-state index is 0.863. The number of guanidine groups is 1. The highest BCUT2D eigenvalue weighted by Crippen LogP contribution is 2.11. The molecule has 0 aliphatic carbocycles. The molecule has 0 radical (unpaired) electrons. The first-order valence-electron chi connectivity index (χ1n) is 7.77. The van der Waals surface area contributed by atoms with Gasteiger partial charge in [-0.05, 0) is 31.9 Å². The molecule has 0 aliphatic rings. The fraction of sp³-hybridized carbons (Fsp3) is 0.500. The largest absolute Gasteiger partial charge is 0.357 e. The summed E-state index contributed by atoms with van der Waals surface area (Å²) >= 11 is 0. The van der Waals surface area contributed by atoms with E-state index >= 15 is 0 Å². The summed E-state index contributed by atoms with van der Waals surface area (Å²) in [5.41, 5.74) is 2.26. The Hall–Kier alpha value is -2.04. The number of hydrogen-bond acceptors (Lipinski definition) is 2. The Morgan fingerprint density at radius 1 is 1.24 bits per heavy atom. The van der Waals surface area contributed by atoms with Crippen molar-refractivity contribution in [2.24, 2.45) is 4.99 Å². The Balaban J connectivity index is 1.81. The second-order valence-electron chi connectivity index (χ2n) is 4.97. The molecule has 0 saturated carbocycles. The highest BCUT2D eigenvalue weighted by Gasteiger charge is 2.01. The standard InChI is InChI=1S/C16H25N5/c1-3-10-18-16(17-4-2)19-11-7-12-21-13-20-14-8-5-6-9-15(14)21/h5-6,8-9,13H,3-4,7,10-12H2,1-2H3,(H2,17,18,19). The lowest BCUT2D eigenvalue weighted by Gasteiger charge is -2.11. The van der Waals surface area contributed by atoms with Crippen LogP contribution in [0.1, 0.15) is 26.7 Å². The Labute approximate surface area is 126 Å². The molecular formula is C16H25N5. The fourth-order valence-electron chi connectivity index (χ4n) is 2.21. The molecule has 0 fully saturated rings. The summed E-state index contributed by atoms with van der Waals surface area (Å²) in [6, 6.07) is 8.24. The zero-order chi connectivity index (χ0) is 14.9. The van der Waals surface area contributed by atoms with Gasteiger partial charge in [0.25, 0.3) is 0 Å². The van der Waals surface area contributed by atoms with Gasteiger partial charge in [-0.3, -0.25) is 4.99 Å². The number of nitrogens with zero attached hydrogens (tertiary/aromatic N) is 3. The summed E-state index contributed by atoms with van der Waals surface area (Å²) in [4.78, 5) is 8.90. The zero-order valence-electron chi connectivity index (χ0n) is 13.0. The summed E-state index contributed by atoms with van der Waals surface area (Å²) in [7, 11) is 0. The van der Waals surface area contributed by atoms with Crippen LogP contribution < -0.4 is 10.6 Å². The van der Waals surface area contributed by atoms with Crippen molar-refractivity contribution in [2.75, 3.05) is 19.6 Å².